The zero-order chi connectivity index (χ0) is 13.5. The molecular formula is C11H16N2O5. The third-order valence-electron chi connectivity index (χ3n) is 2.26. The molecule has 7 heteroatoms. The second-order valence-corrected chi connectivity index (χ2v) is 3.76. The molecule has 100 valence electrons. The molecule has 0 fully saturated rings. The molecule has 0 aliphatic rings. The van der Waals surface area contributed by atoms with Gasteiger partial charge in [-0.25, -0.2) is 4.79 Å². The van der Waals surface area contributed by atoms with E-state index in [1.165, 1.54) is 13.2 Å². The van der Waals surface area contributed by atoms with Gasteiger partial charge in [0.1, 0.15) is 12.6 Å². The number of ether oxygens (including phenoxy) is 1. The molecule has 0 aliphatic carbocycles. The predicted molar refractivity (Wildman–Crippen MR) is 61.0 cm³/mol. The fraction of sp³-hybridized carbons (Fsp3) is 0.545. The average molecular weight is 256 g/mol. The van der Waals surface area contributed by atoms with Crippen molar-refractivity contribution in [2.45, 2.75) is 32.4 Å². The number of aliphatic carboxylic acids is 1. The highest BCUT2D eigenvalue weighted by Crippen LogP contribution is 2.06. The van der Waals surface area contributed by atoms with Gasteiger partial charge in [0.25, 0.3) is 5.91 Å². The molecule has 18 heavy (non-hydrogen) atoms. The van der Waals surface area contributed by atoms with Gasteiger partial charge in [-0.1, -0.05) is 18.5 Å². The van der Waals surface area contributed by atoms with E-state index < -0.39 is 17.9 Å². The number of nitrogens with zero attached hydrogens (tertiary/aromatic N) is 1. The summed E-state index contributed by atoms with van der Waals surface area (Å²) < 4.78 is 9.66. The van der Waals surface area contributed by atoms with Crippen LogP contribution in [0.4, 0.5) is 0 Å². The van der Waals surface area contributed by atoms with Crippen molar-refractivity contribution in [2.24, 2.45) is 0 Å². The maximum absolute atomic E-state index is 11.7. The second kappa shape index (κ2) is 6.75. The molecule has 0 aliphatic heterocycles. The third-order valence-corrected chi connectivity index (χ3v) is 2.26. The minimum absolute atomic E-state index is 0.0457. The minimum atomic E-state index is -1.06. The Morgan fingerprint density at radius 1 is 1.61 bits per heavy atom. The number of rotatable bonds is 7. The smallest absolute Gasteiger partial charge is 0.326 e. The Balaban J connectivity index is 2.64. The van der Waals surface area contributed by atoms with Crippen LogP contribution in [0.3, 0.4) is 0 Å². The van der Waals surface area contributed by atoms with Crippen molar-refractivity contribution in [1.29, 1.82) is 0 Å². The third kappa shape index (κ3) is 3.85. The fourth-order valence-corrected chi connectivity index (χ4v) is 1.41. The number of methoxy groups -OCH3 is 1. The molecule has 0 saturated heterocycles. The first-order valence-corrected chi connectivity index (χ1v) is 5.56. The Morgan fingerprint density at radius 3 is 2.89 bits per heavy atom. The van der Waals surface area contributed by atoms with Crippen molar-refractivity contribution in [3.05, 3.63) is 17.5 Å². The number of carboxylic acid groups (broad SMARTS) is 1. The maximum Gasteiger partial charge on any atom is 0.326 e. The van der Waals surface area contributed by atoms with Crippen LogP contribution in [0.2, 0.25) is 0 Å². The number of nitrogens with one attached hydrogen (secondary N) is 1. The lowest BCUT2D eigenvalue weighted by molar-refractivity contribution is -0.139. The zero-order valence-electron chi connectivity index (χ0n) is 10.3. The Morgan fingerprint density at radius 2 is 2.33 bits per heavy atom. The molecule has 1 aromatic rings. The van der Waals surface area contributed by atoms with E-state index in [2.05, 4.69) is 10.5 Å². The number of carboxylic acids is 1. The minimum Gasteiger partial charge on any atom is -0.480 e. The fourth-order valence-electron chi connectivity index (χ4n) is 1.41. The first-order valence-electron chi connectivity index (χ1n) is 5.56. The van der Waals surface area contributed by atoms with Crippen molar-refractivity contribution in [1.82, 2.24) is 10.5 Å². The van der Waals surface area contributed by atoms with Crippen molar-refractivity contribution < 1.29 is 24.0 Å². The van der Waals surface area contributed by atoms with E-state index in [0.29, 0.717) is 18.6 Å². The predicted octanol–water partition coefficient (Wildman–Crippen LogP) is 0.804. The molecule has 1 aromatic heterocycles. The molecule has 2 N–H and O–H groups in total. The van der Waals surface area contributed by atoms with Gasteiger partial charge in [-0.2, -0.15) is 0 Å². The Labute approximate surface area is 104 Å². The van der Waals surface area contributed by atoms with E-state index in [0.717, 1.165) is 0 Å². The van der Waals surface area contributed by atoms with Gasteiger partial charge in [0.15, 0.2) is 11.5 Å². The lowest BCUT2D eigenvalue weighted by Gasteiger charge is -2.11. The van der Waals surface area contributed by atoms with Crippen LogP contribution >= 0.6 is 0 Å². The summed E-state index contributed by atoms with van der Waals surface area (Å²) in [5.41, 5.74) is 0.0457. The van der Waals surface area contributed by atoms with Crippen molar-refractivity contribution in [3.63, 3.8) is 0 Å². The first kappa shape index (κ1) is 14.2. The van der Waals surface area contributed by atoms with Crippen LogP contribution in [-0.2, 0) is 16.1 Å². The molecule has 1 rings (SSSR count). The summed E-state index contributed by atoms with van der Waals surface area (Å²) in [6.07, 6.45) is 1.02. The van der Waals surface area contributed by atoms with Crippen molar-refractivity contribution in [3.8, 4) is 0 Å². The van der Waals surface area contributed by atoms with Crippen LogP contribution in [-0.4, -0.2) is 35.3 Å². The SMILES string of the molecule is CCC[C@@H](NC(=O)c1cc(COC)on1)C(=O)O. The monoisotopic (exact) mass is 256 g/mol. The summed E-state index contributed by atoms with van der Waals surface area (Å²) in [5.74, 6) is -1.22. The second-order valence-electron chi connectivity index (χ2n) is 3.76. The standard InChI is InChI=1S/C11H16N2O5/c1-3-4-8(11(15)16)12-10(14)9-5-7(6-17-2)18-13-9/h5,8H,3-4,6H2,1-2H3,(H,12,14)(H,15,16)/t8-/m1/s1. The molecule has 0 unspecified atom stereocenters. The Hall–Kier alpha value is -1.89. The van der Waals surface area contributed by atoms with Gasteiger partial charge in [-0.15, -0.1) is 0 Å². The molecule has 0 radical (unpaired) electrons. The van der Waals surface area contributed by atoms with Gasteiger partial charge in [0.05, 0.1) is 0 Å². The molecule has 1 amide bonds. The van der Waals surface area contributed by atoms with E-state index in [1.54, 1.807) is 0 Å². The number of carbonyl (C=O) groups excluding carboxylic acids is 1. The van der Waals surface area contributed by atoms with E-state index in [4.69, 9.17) is 14.4 Å². The molecular weight excluding hydrogens is 240 g/mol. The van der Waals surface area contributed by atoms with E-state index in [-0.39, 0.29) is 12.3 Å². The topological polar surface area (TPSA) is 102 Å². The van der Waals surface area contributed by atoms with E-state index in [1.807, 2.05) is 6.92 Å². The maximum atomic E-state index is 11.7. The van der Waals surface area contributed by atoms with Gasteiger partial charge in [0, 0.05) is 13.2 Å². The zero-order valence-corrected chi connectivity index (χ0v) is 10.3. The summed E-state index contributed by atoms with van der Waals surface area (Å²) in [7, 11) is 1.49. The van der Waals surface area contributed by atoms with Crippen LogP contribution in [0.15, 0.2) is 10.6 Å². The van der Waals surface area contributed by atoms with Crippen LogP contribution in [0, 0.1) is 0 Å². The average Bonchev–Trinajstić information content (AvgIpc) is 2.77. The first-order chi connectivity index (χ1) is 8.58. The summed E-state index contributed by atoms with van der Waals surface area (Å²) in [5, 5.41) is 14.8. The van der Waals surface area contributed by atoms with Crippen LogP contribution < -0.4 is 5.32 Å². The molecule has 0 bridgehead atoms. The Kier molecular flexibility index (Phi) is 5.31. The van der Waals surface area contributed by atoms with E-state index >= 15 is 0 Å². The highest BCUT2D eigenvalue weighted by molar-refractivity contribution is 5.94. The molecule has 0 saturated carbocycles. The van der Waals surface area contributed by atoms with E-state index in [9.17, 15) is 9.59 Å². The van der Waals surface area contributed by atoms with Gasteiger partial charge in [-0.3, -0.25) is 4.79 Å². The van der Waals surface area contributed by atoms with Gasteiger partial charge < -0.3 is 19.7 Å². The van der Waals surface area contributed by atoms with Crippen LogP contribution in [0.5, 0.6) is 0 Å². The molecule has 0 aromatic carbocycles. The lowest BCUT2D eigenvalue weighted by atomic mass is 10.1. The number of hydrogen-bond acceptors (Lipinski definition) is 5. The molecule has 7 nitrogen and oxygen atoms in total. The highest BCUT2D eigenvalue weighted by Gasteiger charge is 2.21. The summed E-state index contributed by atoms with van der Waals surface area (Å²) in [6.45, 7) is 2.05. The normalized spacial score (nSPS) is 12.1. The largest absolute Gasteiger partial charge is 0.480 e. The van der Waals surface area contributed by atoms with Gasteiger partial charge >= 0.3 is 5.97 Å². The van der Waals surface area contributed by atoms with Gasteiger partial charge in [-0.05, 0) is 6.42 Å². The Bertz CT molecular complexity index is 415. The molecule has 0 spiro atoms. The quantitative estimate of drug-likeness (QED) is 0.748. The van der Waals surface area contributed by atoms with Crippen molar-refractivity contribution >= 4 is 11.9 Å². The summed E-state index contributed by atoms with van der Waals surface area (Å²) in [6, 6.07) is 0.508. The molecule has 1 atom stereocenters. The number of aromatic nitrogens is 1. The number of hydrogen-bond donors (Lipinski definition) is 2. The number of carbonyl (C=O) groups is 2. The summed E-state index contributed by atoms with van der Waals surface area (Å²) >= 11 is 0. The lowest BCUT2D eigenvalue weighted by Crippen LogP contribution is -2.40. The highest BCUT2D eigenvalue weighted by atomic mass is 16.5. The van der Waals surface area contributed by atoms with Gasteiger partial charge in [0.2, 0.25) is 0 Å². The number of amides is 1. The summed E-state index contributed by atoms with van der Waals surface area (Å²) in [4.78, 5) is 22.6. The van der Waals surface area contributed by atoms with Crippen LogP contribution in [0.1, 0.15) is 36.0 Å². The van der Waals surface area contributed by atoms with Crippen LogP contribution in [0.25, 0.3) is 0 Å². The molecule has 1 heterocycles. The van der Waals surface area contributed by atoms with Crippen molar-refractivity contribution in [2.75, 3.05) is 7.11 Å².